The van der Waals surface area contributed by atoms with E-state index in [4.69, 9.17) is 4.98 Å². The summed E-state index contributed by atoms with van der Waals surface area (Å²) in [6.45, 7) is 4.65. The number of halogens is 3. The predicted molar refractivity (Wildman–Crippen MR) is 105 cm³/mol. The first kappa shape index (κ1) is 20.0. The summed E-state index contributed by atoms with van der Waals surface area (Å²) in [6, 6.07) is 0. The Morgan fingerprint density at radius 2 is 2.11 bits per heavy atom. The molecule has 1 fully saturated rings. The molecule has 1 aliphatic rings. The molecule has 0 spiro atoms. The molecule has 27 heavy (non-hydrogen) atoms. The number of hydrogen-bond donors (Lipinski definition) is 1. The van der Waals surface area contributed by atoms with Gasteiger partial charge in [-0.25, -0.2) is 9.97 Å². The van der Waals surface area contributed by atoms with Crippen LogP contribution < -0.4 is 5.32 Å². The van der Waals surface area contributed by atoms with E-state index < -0.39 is 11.9 Å². The van der Waals surface area contributed by atoms with Crippen LogP contribution in [0.3, 0.4) is 0 Å². The fourth-order valence-electron chi connectivity index (χ4n) is 2.71. The lowest BCUT2D eigenvalue weighted by Crippen LogP contribution is -2.23. The average molecular weight is 415 g/mol. The van der Waals surface area contributed by atoms with Gasteiger partial charge in [0.2, 0.25) is 0 Å². The van der Waals surface area contributed by atoms with Gasteiger partial charge in [0.25, 0.3) is 0 Å². The van der Waals surface area contributed by atoms with Crippen LogP contribution in [0.4, 0.5) is 13.2 Å². The normalized spacial score (nSPS) is 15.2. The number of thiazole rings is 2. The van der Waals surface area contributed by atoms with Crippen molar-refractivity contribution in [3.63, 3.8) is 0 Å². The zero-order valence-corrected chi connectivity index (χ0v) is 16.6. The fraction of sp³-hybridized carbons (Fsp3) is 0.500. The molecule has 2 heterocycles. The van der Waals surface area contributed by atoms with Gasteiger partial charge in [-0.1, -0.05) is 6.58 Å². The van der Waals surface area contributed by atoms with E-state index in [0.29, 0.717) is 25.3 Å². The number of nitrogens with zero attached hydrogens (tertiary/aromatic N) is 3. The lowest BCUT2D eigenvalue weighted by molar-refractivity contribution is -0.0606. The van der Waals surface area contributed by atoms with Gasteiger partial charge >= 0.3 is 6.18 Å². The zero-order chi connectivity index (χ0) is 19.4. The lowest BCUT2D eigenvalue weighted by atomic mass is 10.1. The van der Waals surface area contributed by atoms with Crippen molar-refractivity contribution < 1.29 is 13.2 Å². The number of aliphatic imine (C=N–C) groups is 1. The van der Waals surface area contributed by atoms with Crippen LogP contribution in [0.1, 0.15) is 48.6 Å². The highest BCUT2D eigenvalue weighted by molar-refractivity contribution is 7.20. The molecule has 4 nitrogen and oxygen atoms in total. The number of aromatic nitrogens is 2. The van der Waals surface area contributed by atoms with Gasteiger partial charge in [-0.15, -0.1) is 22.7 Å². The molecule has 2 aromatic rings. The molecule has 146 valence electrons. The third kappa shape index (κ3) is 5.16. The van der Waals surface area contributed by atoms with Crippen molar-refractivity contribution in [3.05, 3.63) is 28.7 Å². The fourth-order valence-corrected chi connectivity index (χ4v) is 4.65. The van der Waals surface area contributed by atoms with Crippen molar-refractivity contribution in [3.8, 4) is 10.0 Å². The van der Waals surface area contributed by atoms with Gasteiger partial charge in [0.05, 0.1) is 5.70 Å². The molecule has 0 radical (unpaired) electrons. The van der Waals surface area contributed by atoms with Crippen LogP contribution in [0.25, 0.3) is 15.7 Å². The van der Waals surface area contributed by atoms with Crippen molar-refractivity contribution >= 4 is 34.1 Å². The molecule has 1 saturated carbocycles. The van der Waals surface area contributed by atoms with Gasteiger partial charge in [0.1, 0.15) is 11.4 Å². The maximum atomic E-state index is 12.7. The number of hydrogen-bond acceptors (Lipinski definition) is 6. The molecule has 0 atom stereocenters. The van der Waals surface area contributed by atoms with Crippen molar-refractivity contribution in [2.45, 2.75) is 44.2 Å². The number of alkyl halides is 3. The van der Waals surface area contributed by atoms with Crippen molar-refractivity contribution in [2.75, 3.05) is 13.6 Å². The standard InChI is InChI=1S/C18H21F3N4S2/c1-11(23-8-4-3-5-13(22-2)18(19,20)21)14-15(12-6-7-12)27-17(25-14)16-24-9-10-26-16/h9-10,12,23H,1,3-8H2,2H3. The minimum Gasteiger partial charge on any atom is -0.384 e. The van der Waals surface area contributed by atoms with E-state index >= 15 is 0 Å². The number of rotatable bonds is 9. The molecule has 3 rings (SSSR count). The Bertz CT molecular complexity index is 805. The topological polar surface area (TPSA) is 50.2 Å². The molecule has 2 aromatic heterocycles. The van der Waals surface area contributed by atoms with Gasteiger partial charge in [-0.3, -0.25) is 4.99 Å². The summed E-state index contributed by atoms with van der Waals surface area (Å²) in [5.74, 6) is 0.542. The minimum absolute atomic E-state index is 0.0631. The van der Waals surface area contributed by atoms with Crippen LogP contribution in [-0.4, -0.2) is 35.4 Å². The second kappa shape index (κ2) is 8.52. The van der Waals surface area contributed by atoms with Gasteiger partial charge in [-0.05, 0) is 38.0 Å². The molecule has 1 aliphatic carbocycles. The second-order valence-electron chi connectivity index (χ2n) is 6.37. The lowest BCUT2D eigenvalue weighted by Gasteiger charge is -2.11. The molecule has 0 unspecified atom stereocenters. The summed E-state index contributed by atoms with van der Waals surface area (Å²) in [5, 5.41) is 6.95. The summed E-state index contributed by atoms with van der Waals surface area (Å²) < 4.78 is 38.0. The summed E-state index contributed by atoms with van der Waals surface area (Å²) in [5.41, 5.74) is 0.903. The summed E-state index contributed by atoms with van der Waals surface area (Å²) in [4.78, 5) is 13.6. The summed E-state index contributed by atoms with van der Waals surface area (Å²) in [6.07, 6.45) is 0.719. The highest BCUT2D eigenvalue weighted by atomic mass is 32.1. The van der Waals surface area contributed by atoms with Crippen molar-refractivity contribution in [1.82, 2.24) is 15.3 Å². The maximum Gasteiger partial charge on any atom is 0.429 e. The van der Waals surface area contributed by atoms with E-state index in [1.54, 1.807) is 28.9 Å². The predicted octanol–water partition coefficient (Wildman–Crippen LogP) is 5.51. The first-order chi connectivity index (χ1) is 12.9. The van der Waals surface area contributed by atoms with Gasteiger partial charge in [-0.2, -0.15) is 13.2 Å². The highest BCUT2D eigenvalue weighted by Gasteiger charge is 2.34. The van der Waals surface area contributed by atoms with Crippen LogP contribution in [0.5, 0.6) is 0 Å². The van der Waals surface area contributed by atoms with Crippen molar-refractivity contribution in [1.29, 1.82) is 0 Å². The van der Waals surface area contributed by atoms with E-state index in [2.05, 4.69) is 21.9 Å². The molecule has 0 saturated heterocycles. The third-order valence-electron chi connectivity index (χ3n) is 4.28. The Kier molecular flexibility index (Phi) is 6.31. The van der Waals surface area contributed by atoms with Crippen molar-refractivity contribution in [2.24, 2.45) is 4.99 Å². The van der Waals surface area contributed by atoms with Crippen LogP contribution in [-0.2, 0) is 0 Å². The number of nitrogens with one attached hydrogen (secondary N) is 1. The zero-order valence-electron chi connectivity index (χ0n) is 15.0. The minimum atomic E-state index is -4.34. The van der Waals surface area contributed by atoms with Crippen LogP contribution in [0.2, 0.25) is 0 Å². The number of unbranched alkanes of at least 4 members (excludes halogenated alkanes) is 1. The Morgan fingerprint density at radius 3 is 2.70 bits per heavy atom. The van der Waals surface area contributed by atoms with E-state index in [-0.39, 0.29) is 6.42 Å². The molecule has 9 heteroatoms. The quantitative estimate of drug-likeness (QED) is 0.435. The molecule has 0 aliphatic heterocycles. The first-order valence-corrected chi connectivity index (χ1v) is 10.5. The van der Waals surface area contributed by atoms with E-state index in [0.717, 1.165) is 34.2 Å². The van der Waals surface area contributed by atoms with Gasteiger partial charge in [0.15, 0.2) is 10.0 Å². The summed E-state index contributed by atoms with van der Waals surface area (Å²) >= 11 is 3.22. The Morgan fingerprint density at radius 1 is 1.33 bits per heavy atom. The molecule has 0 bridgehead atoms. The monoisotopic (exact) mass is 414 g/mol. The first-order valence-electron chi connectivity index (χ1n) is 8.76. The van der Waals surface area contributed by atoms with Gasteiger partial charge in [0, 0.05) is 30.0 Å². The van der Waals surface area contributed by atoms with Crippen LogP contribution in [0.15, 0.2) is 23.1 Å². The van der Waals surface area contributed by atoms with Crippen LogP contribution >= 0.6 is 22.7 Å². The Hall–Kier alpha value is -1.74. The molecular formula is C18H21F3N4S2. The molecule has 0 amide bonds. The van der Waals surface area contributed by atoms with E-state index in [1.807, 2.05) is 5.38 Å². The van der Waals surface area contributed by atoms with Gasteiger partial charge < -0.3 is 5.32 Å². The molecule has 1 N–H and O–H groups in total. The maximum absolute atomic E-state index is 12.7. The largest absolute Gasteiger partial charge is 0.429 e. The summed E-state index contributed by atoms with van der Waals surface area (Å²) in [7, 11) is 1.19. The molecular weight excluding hydrogens is 393 g/mol. The van der Waals surface area contributed by atoms with E-state index in [1.165, 1.54) is 11.9 Å². The highest BCUT2D eigenvalue weighted by Crippen LogP contribution is 2.47. The average Bonchev–Trinajstić information content (AvgIpc) is 3.14. The van der Waals surface area contributed by atoms with E-state index in [9.17, 15) is 13.2 Å². The second-order valence-corrected chi connectivity index (χ2v) is 8.30. The van der Waals surface area contributed by atoms with Crippen LogP contribution in [0, 0.1) is 0 Å². The smallest absolute Gasteiger partial charge is 0.384 e. The Labute approximate surface area is 164 Å². The molecule has 0 aromatic carbocycles. The SMILES string of the molecule is C=C(NCCCCC(=NC)C(F)(F)F)c1nc(-c2nccs2)sc1C1CC1. The Balaban J connectivity index is 1.54. The third-order valence-corrected chi connectivity index (χ3v) is 6.41.